The van der Waals surface area contributed by atoms with Crippen molar-refractivity contribution in [2.45, 2.75) is 13.8 Å². The first-order valence-electron chi connectivity index (χ1n) is 5.55. The van der Waals surface area contributed by atoms with E-state index in [1.807, 2.05) is 6.07 Å². The zero-order chi connectivity index (χ0) is 12.3. The molecule has 2 rings (SSSR count). The summed E-state index contributed by atoms with van der Waals surface area (Å²) in [4.78, 5) is 3.79. The van der Waals surface area contributed by atoms with Crippen LogP contribution in [0.5, 0.6) is 0 Å². The van der Waals surface area contributed by atoms with Crippen LogP contribution in [-0.2, 0) is 0 Å². The summed E-state index contributed by atoms with van der Waals surface area (Å²) in [6, 6.07) is 4.99. The molecule has 0 radical (unpaired) electrons. The minimum Gasteiger partial charge on any atom is -0.385 e. The van der Waals surface area contributed by atoms with Gasteiger partial charge in [0.05, 0.1) is 0 Å². The summed E-state index contributed by atoms with van der Waals surface area (Å²) in [7, 11) is 0. The third-order valence-electron chi connectivity index (χ3n) is 2.33. The molecule has 1 heterocycles. The van der Waals surface area contributed by atoms with Crippen LogP contribution in [0.2, 0.25) is 0 Å². The average Bonchev–Trinajstić information content (AvgIpc) is 2.79. The van der Waals surface area contributed by atoms with Crippen LogP contribution in [0.3, 0.4) is 0 Å². The Kier molecular flexibility index (Phi) is 3.37. The molecule has 1 N–H and O–H groups in total. The maximum absolute atomic E-state index is 13.8. The zero-order valence-corrected chi connectivity index (χ0v) is 9.89. The molecule has 0 fully saturated rings. The smallest absolute Gasteiger partial charge is 0.150 e. The molecule has 0 unspecified atom stereocenters. The van der Waals surface area contributed by atoms with Gasteiger partial charge in [-0.3, -0.25) is 0 Å². The van der Waals surface area contributed by atoms with Gasteiger partial charge in [-0.25, -0.2) is 14.1 Å². The molecule has 5 heteroatoms. The standard InChI is InChI=1S/C12H15FN4/c1-9(2)6-15-10-3-4-12(11(13)5-10)17-8-14-7-16-17/h3-5,7-9,15H,6H2,1-2H3. The van der Waals surface area contributed by atoms with Crippen LogP contribution in [-0.4, -0.2) is 21.3 Å². The molecule has 0 aliphatic heterocycles. The van der Waals surface area contributed by atoms with Gasteiger partial charge in [-0.15, -0.1) is 0 Å². The molecule has 0 saturated heterocycles. The summed E-state index contributed by atoms with van der Waals surface area (Å²) in [5.41, 5.74) is 1.18. The summed E-state index contributed by atoms with van der Waals surface area (Å²) in [6.45, 7) is 5.03. The first-order valence-corrected chi connectivity index (χ1v) is 5.55. The Morgan fingerprint density at radius 2 is 2.24 bits per heavy atom. The van der Waals surface area contributed by atoms with E-state index in [-0.39, 0.29) is 5.82 Å². The van der Waals surface area contributed by atoms with Crippen LogP contribution in [0.15, 0.2) is 30.9 Å². The van der Waals surface area contributed by atoms with Crippen LogP contribution in [0, 0.1) is 11.7 Å². The number of rotatable bonds is 4. The summed E-state index contributed by atoms with van der Waals surface area (Å²) in [5, 5.41) is 7.07. The van der Waals surface area contributed by atoms with Crippen LogP contribution in [0.1, 0.15) is 13.8 Å². The minimum absolute atomic E-state index is 0.316. The van der Waals surface area contributed by atoms with Gasteiger partial charge in [-0.2, -0.15) is 5.10 Å². The van der Waals surface area contributed by atoms with Crippen molar-refractivity contribution >= 4 is 5.69 Å². The number of halogens is 1. The maximum atomic E-state index is 13.8. The fourth-order valence-corrected chi connectivity index (χ4v) is 1.46. The molecule has 0 atom stereocenters. The van der Waals surface area contributed by atoms with Gasteiger partial charge >= 0.3 is 0 Å². The normalized spacial score (nSPS) is 10.8. The largest absolute Gasteiger partial charge is 0.385 e. The van der Waals surface area contributed by atoms with Gasteiger partial charge in [0.15, 0.2) is 5.82 Å². The van der Waals surface area contributed by atoms with Crippen molar-refractivity contribution in [1.82, 2.24) is 14.8 Å². The molecule has 1 aromatic carbocycles. The van der Waals surface area contributed by atoms with Crippen molar-refractivity contribution in [1.29, 1.82) is 0 Å². The molecule has 0 bridgehead atoms. The lowest BCUT2D eigenvalue weighted by atomic mass is 10.2. The average molecular weight is 234 g/mol. The van der Waals surface area contributed by atoms with Gasteiger partial charge in [0, 0.05) is 12.2 Å². The number of anilines is 1. The third kappa shape index (κ3) is 2.81. The zero-order valence-electron chi connectivity index (χ0n) is 9.89. The number of aromatic nitrogens is 3. The number of hydrogen-bond donors (Lipinski definition) is 1. The molecule has 0 spiro atoms. The molecule has 0 amide bonds. The van der Waals surface area contributed by atoms with Gasteiger partial charge < -0.3 is 5.32 Å². The number of benzene rings is 1. The lowest BCUT2D eigenvalue weighted by molar-refractivity contribution is 0.610. The lowest BCUT2D eigenvalue weighted by Crippen LogP contribution is -2.08. The highest BCUT2D eigenvalue weighted by Gasteiger charge is 2.06. The Labute approximate surface area is 99.5 Å². The first-order chi connectivity index (χ1) is 8.16. The molecule has 0 aliphatic rings. The van der Waals surface area contributed by atoms with Crippen LogP contribution in [0.4, 0.5) is 10.1 Å². The van der Waals surface area contributed by atoms with E-state index in [0.717, 1.165) is 12.2 Å². The van der Waals surface area contributed by atoms with Gasteiger partial charge in [0.25, 0.3) is 0 Å². The molecule has 4 nitrogen and oxygen atoms in total. The second-order valence-electron chi connectivity index (χ2n) is 4.28. The van der Waals surface area contributed by atoms with Crippen molar-refractivity contribution in [2.75, 3.05) is 11.9 Å². The van der Waals surface area contributed by atoms with Crippen molar-refractivity contribution in [2.24, 2.45) is 5.92 Å². The van der Waals surface area contributed by atoms with E-state index in [2.05, 4.69) is 29.2 Å². The van der Waals surface area contributed by atoms with Crippen molar-refractivity contribution in [3.63, 3.8) is 0 Å². The van der Waals surface area contributed by atoms with Crippen LogP contribution < -0.4 is 5.32 Å². The summed E-state index contributed by atoms with van der Waals surface area (Å²) < 4.78 is 15.2. The molecule has 90 valence electrons. The Morgan fingerprint density at radius 1 is 1.41 bits per heavy atom. The van der Waals surface area contributed by atoms with Crippen LogP contribution >= 0.6 is 0 Å². The predicted octanol–water partition coefficient (Wildman–Crippen LogP) is 2.47. The van der Waals surface area contributed by atoms with E-state index in [9.17, 15) is 4.39 Å². The molecular weight excluding hydrogens is 219 g/mol. The SMILES string of the molecule is CC(C)CNc1ccc(-n2cncn2)c(F)c1. The van der Waals surface area contributed by atoms with E-state index in [4.69, 9.17) is 0 Å². The molecule has 0 saturated carbocycles. The first kappa shape index (κ1) is 11.6. The topological polar surface area (TPSA) is 42.7 Å². The fourth-order valence-electron chi connectivity index (χ4n) is 1.46. The summed E-state index contributed by atoms with van der Waals surface area (Å²) in [6.07, 6.45) is 2.85. The van der Waals surface area contributed by atoms with E-state index in [0.29, 0.717) is 11.6 Å². The lowest BCUT2D eigenvalue weighted by Gasteiger charge is -2.10. The Morgan fingerprint density at radius 3 is 2.82 bits per heavy atom. The Bertz CT molecular complexity index is 479. The number of hydrogen-bond acceptors (Lipinski definition) is 3. The number of nitrogens with one attached hydrogen (secondary N) is 1. The van der Waals surface area contributed by atoms with Crippen molar-refractivity contribution < 1.29 is 4.39 Å². The van der Waals surface area contributed by atoms with Crippen LogP contribution in [0.25, 0.3) is 5.69 Å². The van der Waals surface area contributed by atoms with Gasteiger partial charge in [0.2, 0.25) is 0 Å². The van der Waals surface area contributed by atoms with Gasteiger partial charge in [-0.05, 0) is 24.1 Å². The van der Waals surface area contributed by atoms with Crippen molar-refractivity contribution in [3.05, 3.63) is 36.7 Å². The highest BCUT2D eigenvalue weighted by Crippen LogP contribution is 2.17. The third-order valence-corrected chi connectivity index (χ3v) is 2.33. The van der Waals surface area contributed by atoms with Gasteiger partial charge in [0.1, 0.15) is 18.3 Å². The summed E-state index contributed by atoms with van der Waals surface area (Å²) in [5.74, 6) is 0.206. The molecule has 2 aromatic rings. The maximum Gasteiger partial charge on any atom is 0.150 e. The van der Waals surface area contributed by atoms with Crippen molar-refractivity contribution in [3.8, 4) is 5.69 Å². The van der Waals surface area contributed by atoms with E-state index in [1.54, 1.807) is 6.07 Å². The quantitative estimate of drug-likeness (QED) is 0.883. The van der Waals surface area contributed by atoms with E-state index >= 15 is 0 Å². The second kappa shape index (κ2) is 4.95. The highest BCUT2D eigenvalue weighted by molar-refractivity contribution is 5.49. The number of nitrogens with zero attached hydrogens (tertiary/aromatic N) is 3. The second-order valence-corrected chi connectivity index (χ2v) is 4.28. The molecule has 17 heavy (non-hydrogen) atoms. The minimum atomic E-state index is -0.316. The van der Waals surface area contributed by atoms with Gasteiger partial charge in [-0.1, -0.05) is 13.8 Å². The molecule has 0 aliphatic carbocycles. The highest BCUT2D eigenvalue weighted by atomic mass is 19.1. The summed E-state index contributed by atoms with van der Waals surface area (Å²) >= 11 is 0. The van der Waals surface area contributed by atoms with E-state index in [1.165, 1.54) is 23.4 Å². The fraction of sp³-hybridized carbons (Fsp3) is 0.333. The molecule has 1 aromatic heterocycles. The van der Waals surface area contributed by atoms with E-state index < -0.39 is 0 Å². The monoisotopic (exact) mass is 234 g/mol. The Hall–Kier alpha value is -1.91. The predicted molar refractivity (Wildman–Crippen MR) is 64.6 cm³/mol. The Balaban J connectivity index is 2.17. The molecular formula is C12H15FN4.